The summed E-state index contributed by atoms with van der Waals surface area (Å²) in [6.07, 6.45) is 8.84. The molecule has 2 rings (SSSR count). The lowest BCUT2D eigenvalue weighted by Crippen LogP contribution is -2.34. The van der Waals surface area contributed by atoms with E-state index in [-0.39, 0.29) is 0 Å². The van der Waals surface area contributed by atoms with Crippen molar-refractivity contribution < 1.29 is 0 Å². The van der Waals surface area contributed by atoms with Crippen LogP contribution in [0.2, 0.25) is 0 Å². The van der Waals surface area contributed by atoms with Gasteiger partial charge in [-0.2, -0.15) is 0 Å². The van der Waals surface area contributed by atoms with Crippen LogP contribution in [0.25, 0.3) is 0 Å². The van der Waals surface area contributed by atoms with Crippen LogP contribution in [0.1, 0.15) is 66.2 Å². The summed E-state index contributed by atoms with van der Waals surface area (Å²) < 4.78 is 0. The number of fused-ring (bicyclic) bond motifs is 1. The van der Waals surface area contributed by atoms with Crippen molar-refractivity contribution in [2.45, 2.75) is 72.3 Å². The molecule has 2 fully saturated rings. The highest BCUT2D eigenvalue weighted by Crippen LogP contribution is 2.57. The van der Waals surface area contributed by atoms with Crippen LogP contribution in [0.15, 0.2) is 0 Å². The molecular formula is C17H33N. The fourth-order valence-electron chi connectivity index (χ4n) is 4.62. The molecule has 18 heavy (non-hydrogen) atoms. The van der Waals surface area contributed by atoms with Gasteiger partial charge < -0.3 is 5.32 Å². The average Bonchev–Trinajstić information content (AvgIpc) is 3.01. The van der Waals surface area contributed by atoms with E-state index in [9.17, 15) is 0 Å². The summed E-state index contributed by atoms with van der Waals surface area (Å²) in [5.41, 5.74) is 0. The van der Waals surface area contributed by atoms with Crippen molar-refractivity contribution in [2.75, 3.05) is 6.54 Å². The Kier molecular flexibility index (Phi) is 5.12. The smallest absolute Gasteiger partial charge is 0.0103 e. The maximum Gasteiger partial charge on any atom is 0.0103 e. The van der Waals surface area contributed by atoms with Crippen molar-refractivity contribution in [1.29, 1.82) is 0 Å². The fraction of sp³-hybridized carbons (Fsp3) is 1.00. The van der Waals surface area contributed by atoms with E-state index < -0.39 is 0 Å². The maximum absolute atomic E-state index is 3.81. The van der Waals surface area contributed by atoms with Gasteiger partial charge in [0.15, 0.2) is 0 Å². The first-order chi connectivity index (χ1) is 8.63. The van der Waals surface area contributed by atoms with Crippen molar-refractivity contribution >= 4 is 0 Å². The lowest BCUT2D eigenvalue weighted by Gasteiger charge is -2.23. The van der Waals surface area contributed by atoms with Gasteiger partial charge in [0.2, 0.25) is 0 Å². The Balaban J connectivity index is 1.84. The molecule has 0 aromatic carbocycles. The molecule has 0 heterocycles. The predicted octanol–water partition coefficient (Wildman–Crippen LogP) is 4.47. The van der Waals surface area contributed by atoms with E-state index in [4.69, 9.17) is 0 Å². The van der Waals surface area contributed by atoms with E-state index in [2.05, 4.69) is 33.0 Å². The molecule has 0 aromatic rings. The lowest BCUT2D eigenvalue weighted by molar-refractivity contribution is 0.322. The van der Waals surface area contributed by atoms with Gasteiger partial charge in [-0.3, -0.25) is 0 Å². The molecule has 4 atom stereocenters. The first-order valence-electron chi connectivity index (χ1n) is 8.36. The molecule has 0 aromatic heterocycles. The molecule has 2 aliphatic rings. The van der Waals surface area contributed by atoms with E-state index in [1.807, 2.05) is 0 Å². The van der Waals surface area contributed by atoms with Gasteiger partial charge in [0.25, 0.3) is 0 Å². The largest absolute Gasteiger partial charge is 0.314 e. The number of nitrogens with one attached hydrogen (secondary N) is 1. The molecule has 2 saturated carbocycles. The van der Waals surface area contributed by atoms with Crippen LogP contribution in [0.3, 0.4) is 0 Å². The Morgan fingerprint density at radius 1 is 1.00 bits per heavy atom. The first-order valence-corrected chi connectivity index (χ1v) is 8.36. The van der Waals surface area contributed by atoms with Crippen molar-refractivity contribution in [2.24, 2.45) is 29.6 Å². The highest BCUT2D eigenvalue weighted by atomic mass is 14.9. The molecule has 4 unspecified atom stereocenters. The van der Waals surface area contributed by atoms with Gasteiger partial charge in [0.05, 0.1) is 0 Å². The van der Waals surface area contributed by atoms with Gasteiger partial charge in [0.1, 0.15) is 0 Å². The molecule has 1 nitrogen and oxygen atoms in total. The molecular weight excluding hydrogens is 218 g/mol. The lowest BCUT2D eigenvalue weighted by atomic mass is 9.90. The second kappa shape index (κ2) is 6.41. The molecule has 0 bridgehead atoms. The number of hydrogen-bond acceptors (Lipinski definition) is 1. The van der Waals surface area contributed by atoms with Crippen LogP contribution >= 0.6 is 0 Å². The van der Waals surface area contributed by atoms with Crippen molar-refractivity contribution in [3.63, 3.8) is 0 Å². The Morgan fingerprint density at radius 3 is 2.11 bits per heavy atom. The molecule has 0 spiro atoms. The quantitative estimate of drug-likeness (QED) is 0.704. The molecule has 0 radical (unpaired) electrons. The minimum atomic E-state index is 0.817. The summed E-state index contributed by atoms with van der Waals surface area (Å²) in [5, 5.41) is 3.81. The Hall–Kier alpha value is -0.0400. The minimum Gasteiger partial charge on any atom is -0.314 e. The molecule has 0 amide bonds. The van der Waals surface area contributed by atoms with E-state index in [1.54, 1.807) is 0 Å². The van der Waals surface area contributed by atoms with Gasteiger partial charge >= 0.3 is 0 Å². The second-order valence-electron chi connectivity index (χ2n) is 7.32. The van der Waals surface area contributed by atoms with Crippen LogP contribution in [-0.2, 0) is 0 Å². The second-order valence-corrected chi connectivity index (χ2v) is 7.32. The van der Waals surface area contributed by atoms with Crippen molar-refractivity contribution in [3.05, 3.63) is 0 Å². The zero-order valence-electron chi connectivity index (χ0n) is 12.9. The van der Waals surface area contributed by atoms with Crippen molar-refractivity contribution in [1.82, 2.24) is 5.32 Å². The topological polar surface area (TPSA) is 12.0 Å². The van der Waals surface area contributed by atoms with Gasteiger partial charge in [0, 0.05) is 6.04 Å². The van der Waals surface area contributed by atoms with Gasteiger partial charge in [-0.25, -0.2) is 0 Å². The third-order valence-electron chi connectivity index (χ3n) is 5.18. The molecule has 1 N–H and O–H groups in total. The molecule has 2 aliphatic carbocycles. The maximum atomic E-state index is 3.81. The summed E-state index contributed by atoms with van der Waals surface area (Å²) in [7, 11) is 0. The standard InChI is InChI=1S/C17H33N/c1-5-18-16(11-13(4)10-12(2)3)17-14-8-6-7-9-15(14)17/h12-18H,5-11H2,1-4H3. The SMILES string of the molecule is CCNC(CC(C)CC(C)C)C1C2CCCCC21. The highest BCUT2D eigenvalue weighted by molar-refractivity contribution is 5.04. The van der Waals surface area contributed by atoms with E-state index in [0.717, 1.165) is 42.2 Å². The Labute approximate surface area is 114 Å². The van der Waals surface area contributed by atoms with Crippen molar-refractivity contribution in [3.8, 4) is 0 Å². The zero-order chi connectivity index (χ0) is 13.1. The monoisotopic (exact) mass is 251 g/mol. The Bertz CT molecular complexity index is 236. The van der Waals surface area contributed by atoms with Crippen LogP contribution in [0.4, 0.5) is 0 Å². The minimum absolute atomic E-state index is 0.817. The highest BCUT2D eigenvalue weighted by Gasteiger charge is 2.53. The van der Waals surface area contributed by atoms with Crippen LogP contribution in [-0.4, -0.2) is 12.6 Å². The van der Waals surface area contributed by atoms with Crippen LogP contribution in [0.5, 0.6) is 0 Å². The molecule has 1 heteroatoms. The summed E-state index contributed by atoms with van der Waals surface area (Å²) in [4.78, 5) is 0. The van der Waals surface area contributed by atoms with Gasteiger partial charge in [-0.1, -0.05) is 40.5 Å². The fourth-order valence-corrected chi connectivity index (χ4v) is 4.62. The summed E-state index contributed by atoms with van der Waals surface area (Å²) >= 11 is 0. The van der Waals surface area contributed by atoms with E-state index >= 15 is 0 Å². The van der Waals surface area contributed by atoms with E-state index in [1.165, 1.54) is 38.5 Å². The van der Waals surface area contributed by atoms with Crippen LogP contribution in [0, 0.1) is 29.6 Å². The normalized spacial score (nSPS) is 34.2. The van der Waals surface area contributed by atoms with Gasteiger partial charge in [-0.05, 0) is 61.8 Å². The summed E-state index contributed by atoms with van der Waals surface area (Å²) in [5.74, 6) is 4.95. The molecule has 0 aliphatic heterocycles. The summed E-state index contributed by atoms with van der Waals surface area (Å²) in [6, 6.07) is 0.817. The molecule has 0 saturated heterocycles. The first kappa shape index (κ1) is 14.4. The zero-order valence-corrected chi connectivity index (χ0v) is 12.9. The Morgan fingerprint density at radius 2 is 1.61 bits per heavy atom. The number of hydrogen-bond donors (Lipinski definition) is 1. The van der Waals surface area contributed by atoms with E-state index in [0.29, 0.717) is 0 Å². The summed E-state index contributed by atoms with van der Waals surface area (Å²) in [6.45, 7) is 10.6. The predicted molar refractivity (Wildman–Crippen MR) is 79.6 cm³/mol. The average molecular weight is 251 g/mol. The third kappa shape index (κ3) is 3.50. The third-order valence-corrected chi connectivity index (χ3v) is 5.18. The number of rotatable bonds is 7. The van der Waals surface area contributed by atoms with Gasteiger partial charge in [-0.15, -0.1) is 0 Å². The van der Waals surface area contributed by atoms with Crippen LogP contribution < -0.4 is 5.32 Å². The molecule has 106 valence electrons.